The van der Waals surface area contributed by atoms with Crippen LogP contribution in [-0.4, -0.2) is 40.1 Å². The number of hydrogen-bond acceptors (Lipinski definition) is 3. The Balaban J connectivity index is 1.99. The lowest BCUT2D eigenvalue weighted by atomic mass is 10.2. The Bertz CT molecular complexity index is 294. The zero-order valence-electron chi connectivity index (χ0n) is 8.90. The molecule has 1 aliphatic heterocycles. The number of nitrogens with zero attached hydrogens (tertiary/aromatic N) is 3. The van der Waals surface area contributed by atoms with Crippen molar-refractivity contribution in [1.29, 1.82) is 0 Å². The fourth-order valence-electron chi connectivity index (χ4n) is 1.85. The lowest BCUT2D eigenvalue weighted by Crippen LogP contribution is -2.49. The summed E-state index contributed by atoms with van der Waals surface area (Å²) in [6.07, 6.45) is 3.87. The summed E-state index contributed by atoms with van der Waals surface area (Å²) in [6, 6.07) is 0.612. The molecular weight excluding hydrogens is 176 g/mol. The molecule has 1 aliphatic rings. The lowest BCUT2D eigenvalue weighted by molar-refractivity contribution is 0.160. The second-order valence-corrected chi connectivity index (χ2v) is 3.98. The van der Waals surface area contributed by atoms with Crippen LogP contribution in [0.3, 0.4) is 0 Å². The standard InChI is InChI=1S/C10H18N4/c1-9-7-11-3-6-14(9)8-10-12-4-5-13(10)2/h4-5,9,11H,3,6-8H2,1-2H3/t9-/m1/s1. The molecule has 4 nitrogen and oxygen atoms in total. The quantitative estimate of drug-likeness (QED) is 0.731. The van der Waals surface area contributed by atoms with E-state index < -0.39 is 0 Å². The molecule has 0 unspecified atom stereocenters. The SMILES string of the molecule is C[C@@H]1CNCCN1Cc1nccn1C. The third-order valence-electron chi connectivity index (χ3n) is 2.90. The van der Waals surface area contributed by atoms with E-state index in [2.05, 4.69) is 33.7 Å². The number of rotatable bonds is 2. The smallest absolute Gasteiger partial charge is 0.122 e. The highest BCUT2D eigenvalue weighted by Crippen LogP contribution is 2.07. The van der Waals surface area contributed by atoms with E-state index in [1.54, 1.807) is 0 Å². The van der Waals surface area contributed by atoms with Gasteiger partial charge in [-0.2, -0.15) is 0 Å². The maximum atomic E-state index is 4.35. The Kier molecular flexibility index (Phi) is 2.84. The maximum absolute atomic E-state index is 4.35. The minimum atomic E-state index is 0.612. The Labute approximate surface area is 84.9 Å². The van der Waals surface area contributed by atoms with E-state index in [0.717, 1.165) is 32.0 Å². The van der Waals surface area contributed by atoms with Crippen LogP contribution in [0.1, 0.15) is 12.7 Å². The molecule has 0 aromatic carbocycles. The van der Waals surface area contributed by atoms with Crippen molar-refractivity contribution in [3.05, 3.63) is 18.2 Å². The van der Waals surface area contributed by atoms with Crippen LogP contribution >= 0.6 is 0 Å². The molecule has 0 spiro atoms. The van der Waals surface area contributed by atoms with Crippen LogP contribution in [-0.2, 0) is 13.6 Å². The van der Waals surface area contributed by atoms with E-state index in [4.69, 9.17) is 0 Å². The number of aromatic nitrogens is 2. The molecular formula is C10H18N4. The molecule has 1 atom stereocenters. The molecule has 1 aromatic rings. The van der Waals surface area contributed by atoms with Gasteiger partial charge in [-0.25, -0.2) is 4.98 Å². The average molecular weight is 194 g/mol. The second kappa shape index (κ2) is 4.11. The van der Waals surface area contributed by atoms with Crippen molar-refractivity contribution in [2.75, 3.05) is 19.6 Å². The summed E-state index contributed by atoms with van der Waals surface area (Å²) in [6.45, 7) is 6.52. The van der Waals surface area contributed by atoms with Gasteiger partial charge in [-0.05, 0) is 6.92 Å². The molecule has 14 heavy (non-hydrogen) atoms. The largest absolute Gasteiger partial charge is 0.337 e. The van der Waals surface area contributed by atoms with E-state index in [9.17, 15) is 0 Å². The van der Waals surface area contributed by atoms with Gasteiger partial charge in [-0.3, -0.25) is 4.90 Å². The third-order valence-corrected chi connectivity index (χ3v) is 2.90. The lowest BCUT2D eigenvalue weighted by Gasteiger charge is -2.33. The topological polar surface area (TPSA) is 33.1 Å². The van der Waals surface area contributed by atoms with Gasteiger partial charge in [0.05, 0.1) is 6.54 Å². The average Bonchev–Trinajstić information content (AvgIpc) is 2.56. The van der Waals surface area contributed by atoms with Crippen molar-refractivity contribution in [1.82, 2.24) is 19.8 Å². The van der Waals surface area contributed by atoms with Crippen LogP contribution in [0, 0.1) is 0 Å². The maximum Gasteiger partial charge on any atom is 0.122 e. The van der Waals surface area contributed by atoms with Crippen molar-refractivity contribution in [2.24, 2.45) is 7.05 Å². The van der Waals surface area contributed by atoms with Gasteiger partial charge in [0.15, 0.2) is 0 Å². The molecule has 1 saturated heterocycles. The van der Waals surface area contributed by atoms with E-state index in [0.29, 0.717) is 6.04 Å². The van der Waals surface area contributed by atoms with Gasteiger partial charge >= 0.3 is 0 Å². The summed E-state index contributed by atoms with van der Waals surface area (Å²) in [4.78, 5) is 6.82. The highest BCUT2D eigenvalue weighted by atomic mass is 15.2. The van der Waals surface area contributed by atoms with Crippen molar-refractivity contribution in [2.45, 2.75) is 19.5 Å². The summed E-state index contributed by atoms with van der Waals surface area (Å²) in [5.41, 5.74) is 0. The van der Waals surface area contributed by atoms with Crippen molar-refractivity contribution in [3.8, 4) is 0 Å². The van der Waals surface area contributed by atoms with Gasteiger partial charge in [0.25, 0.3) is 0 Å². The molecule has 78 valence electrons. The minimum Gasteiger partial charge on any atom is -0.337 e. The Morgan fingerprint density at radius 2 is 2.50 bits per heavy atom. The Morgan fingerprint density at radius 3 is 3.14 bits per heavy atom. The zero-order chi connectivity index (χ0) is 9.97. The molecule has 0 amide bonds. The van der Waals surface area contributed by atoms with Crippen molar-refractivity contribution < 1.29 is 0 Å². The first-order valence-electron chi connectivity index (χ1n) is 5.18. The van der Waals surface area contributed by atoms with Crippen LogP contribution in [0.5, 0.6) is 0 Å². The van der Waals surface area contributed by atoms with Gasteiger partial charge < -0.3 is 9.88 Å². The van der Waals surface area contributed by atoms with Crippen LogP contribution < -0.4 is 5.32 Å². The van der Waals surface area contributed by atoms with E-state index >= 15 is 0 Å². The molecule has 0 radical (unpaired) electrons. The van der Waals surface area contributed by atoms with Crippen LogP contribution in [0.2, 0.25) is 0 Å². The van der Waals surface area contributed by atoms with E-state index in [1.807, 2.05) is 12.4 Å². The third kappa shape index (κ3) is 1.96. The van der Waals surface area contributed by atoms with E-state index in [1.165, 1.54) is 0 Å². The Morgan fingerprint density at radius 1 is 1.64 bits per heavy atom. The van der Waals surface area contributed by atoms with Crippen molar-refractivity contribution >= 4 is 0 Å². The van der Waals surface area contributed by atoms with Gasteiger partial charge in [-0.15, -0.1) is 0 Å². The predicted molar refractivity (Wildman–Crippen MR) is 55.9 cm³/mol. The fraction of sp³-hybridized carbons (Fsp3) is 0.700. The molecule has 1 N–H and O–H groups in total. The first-order chi connectivity index (χ1) is 6.77. The molecule has 0 saturated carbocycles. The number of piperazine rings is 1. The van der Waals surface area contributed by atoms with Gasteiger partial charge in [-0.1, -0.05) is 0 Å². The summed E-state index contributed by atoms with van der Waals surface area (Å²) in [5.74, 6) is 1.15. The van der Waals surface area contributed by atoms with Crippen LogP contribution in [0.4, 0.5) is 0 Å². The summed E-state index contributed by atoms with van der Waals surface area (Å²) < 4.78 is 2.09. The summed E-state index contributed by atoms with van der Waals surface area (Å²) in [7, 11) is 2.05. The van der Waals surface area contributed by atoms with Gasteiger partial charge in [0, 0.05) is 45.1 Å². The predicted octanol–water partition coefficient (Wildman–Crippen LogP) is 0.214. The van der Waals surface area contributed by atoms with E-state index in [-0.39, 0.29) is 0 Å². The summed E-state index contributed by atoms with van der Waals surface area (Å²) in [5, 5.41) is 3.39. The van der Waals surface area contributed by atoms with Crippen LogP contribution in [0.25, 0.3) is 0 Å². The fourth-order valence-corrected chi connectivity index (χ4v) is 1.85. The monoisotopic (exact) mass is 194 g/mol. The number of aryl methyl sites for hydroxylation is 1. The highest BCUT2D eigenvalue weighted by Gasteiger charge is 2.18. The van der Waals surface area contributed by atoms with Gasteiger partial charge in [0.2, 0.25) is 0 Å². The second-order valence-electron chi connectivity index (χ2n) is 3.98. The van der Waals surface area contributed by atoms with Crippen molar-refractivity contribution in [3.63, 3.8) is 0 Å². The molecule has 1 aromatic heterocycles. The molecule has 0 bridgehead atoms. The first-order valence-corrected chi connectivity index (χ1v) is 5.18. The van der Waals surface area contributed by atoms with Crippen LogP contribution in [0.15, 0.2) is 12.4 Å². The van der Waals surface area contributed by atoms with Gasteiger partial charge in [0.1, 0.15) is 5.82 Å². The molecule has 0 aliphatic carbocycles. The molecule has 1 fully saturated rings. The number of imidazole rings is 1. The number of hydrogen-bond donors (Lipinski definition) is 1. The molecule has 2 heterocycles. The molecule has 4 heteroatoms. The summed E-state index contributed by atoms with van der Waals surface area (Å²) >= 11 is 0. The number of nitrogens with one attached hydrogen (secondary N) is 1. The minimum absolute atomic E-state index is 0.612. The first kappa shape index (κ1) is 9.68. The highest BCUT2D eigenvalue weighted by molar-refractivity contribution is 4.92. The zero-order valence-corrected chi connectivity index (χ0v) is 8.90. The Hall–Kier alpha value is -0.870. The molecule has 2 rings (SSSR count). The normalized spacial score (nSPS) is 24.0.